The Morgan fingerprint density at radius 1 is 0.818 bits per heavy atom. The molecule has 33 heavy (non-hydrogen) atoms. The summed E-state index contributed by atoms with van der Waals surface area (Å²) in [7, 11) is -4.26. The van der Waals surface area contributed by atoms with E-state index in [-0.39, 0.29) is 5.56 Å². The van der Waals surface area contributed by atoms with Gasteiger partial charge in [0.2, 0.25) is 0 Å². The fourth-order valence-electron chi connectivity index (χ4n) is 3.43. The molecule has 3 aromatic rings. The predicted molar refractivity (Wildman–Crippen MR) is 124 cm³/mol. The molecule has 8 heteroatoms. The zero-order chi connectivity index (χ0) is 24.1. The normalized spacial score (nSPS) is 15.3. The van der Waals surface area contributed by atoms with E-state index in [1.54, 1.807) is 78.9 Å². The Bertz CT molecular complexity index is 988. The van der Waals surface area contributed by atoms with Gasteiger partial charge in [-0.05, 0) is 0 Å². The van der Waals surface area contributed by atoms with Crippen molar-refractivity contribution in [2.45, 2.75) is 32.2 Å². The molecule has 0 aliphatic rings. The Kier molecular flexibility index (Phi) is 7.90. The second kappa shape index (κ2) is 10.5. The summed E-state index contributed by atoms with van der Waals surface area (Å²) in [6, 6.07) is 24.5. The summed E-state index contributed by atoms with van der Waals surface area (Å²) in [6.45, 7) is 2.54. The van der Waals surface area contributed by atoms with Crippen LogP contribution >= 0.6 is 7.72 Å². The number of halogens is 3. The van der Waals surface area contributed by atoms with Gasteiger partial charge in [0.15, 0.2) is 0 Å². The van der Waals surface area contributed by atoms with Crippen LogP contribution in [0.5, 0.6) is 0 Å². The van der Waals surface area contributed by atoms with E-state index in [0.29, 0.717) is 10.6 Å². The van der Waals surface area contributed by atoms with Gasteiger partial charge in [0, 0.05) is 0 Å². The van der Waals surface area contributed by atoms with Crippen LogP contribution in [0.3, 0.4) is 0 Å². The van der Waals surface area contributed by atoms with E-state index in [4.69, 9.17) is 9.05 Å². The zero-order valence-electron chi connectivity index (χ0n) is 18.2. The number of carbonyl (C=O) groups excluding carboxylic acids is 1. The molecule has 1 N–H and O–H groups in total. The molecule has 0 saturated carbocycles. The SMILES string of the molecule is CC(O)C(C)C(O[PH](OC(=O)c1ccccc1)(c1ccccc1)c1ccccc1)C(F)(F)F. The summed E-state index contributed by atoms with van der Waals surface area (Å²) >= 11 is 0. The van der Waals surface area contributed by atoms with Crippen molar-refractivity contribution in [1.82, 2.24) is 0 Å². The molecule has 0 heterocycles. The predicted octanol–water partition coefficient (Wildman–Crippen LogP) is 5.04. The molecule has 0 fully saturated rings. The van der Waals surface area contributed by atoms with Crippen LogP contribution in [0, 0.1) is 5.92 Å². The second-order valence-corrected chi connectivity index (χ2v) is 10.6. The van der Waals surface area contributed by atoms with Crippen molar-refractivity contribution in [3.8, 4) is 0 Å². The number of hydrogen-bond donors (Lipinski definition) is 1. The van der Waals surface area contributed by atoms with Gasteiger partial charge in [0.05, 0.1) is 0 Å². The van der Waals surface area contributed by atoms with Gasteiger partial charge in [0.1, 0.15) is 0 Å². The van der Waals surface area contributed by atoms with Gasteiger partial charge in [-0.3, -0.25) is 0 Å². The summed E-state index contributed by atoms with van der Waals surface area (Å²) in [5, 5.41) is 10.7. The molecular formula is C25H26F3O4P. The Balaban J connectivity index is 2.21. The first kappa shape index (κ1) is 24.9. The van der Waals surface area contributed by atoms with E-state index in [1.807, 2.05) is 0 Å². The molecule has 3 atom stereocenters. The maximum absolute atomic E-state index is 14.2. The third kappa shape index (κ3) is 5.80. The van der Waals surface area contributed by atoms with E-state index in [0.717, 1.165) is 0 Å². The molecule has 0 aliphatic carbocycles. The Morgan fingerprint density at radius 2 is 1.24 bits per heavy atom. The average Bonchev–Trinajstić information content (AvgIpc) is 2.82. The van der Waals surface area contributed by atoms with Gasteiger partial charge >= 0.3 is 191 Å². The Hall–Kier alpha value is -2.73. The van der Waals surface area contributed by atoms with Crippen LogP contribution in [0.2, 0.25) is 0 Å². The molecule has 0 aromatic heterocycles. The minimum absolute atomic E-state index is 0.192. The van der Waals surface area contributed by atoms with Gasteiger partial charge in [-0.15, -0.1) is 0 Å². The first-order chi connectivity index (χ1) is 15.6. The summed E-state index contributed by atoms with van der Waals surface area (Å²) < 4.78 is 54.4. The maximum atomic E-state index is 14.2. The molecule has 4 nitrogen and oxygen atoms in total. The van der Waals surface area contributed by atoms with Crippen LogP contribution in [0.15, 0.2) is 91.0 Å². The van der Waals surface area contributed by atoms with E-state index < -0.39 is 38.0 Å². The molecule has 0 saturated heterocycles. The molecule has 0 aliphatic heterocycles. The monoisotopic (exact) mass is 478 g/mol. The molecule has 0 spiro atoms. The van der Waals surface area contributed by atoms with Crippen molar-refractivity contribution in [2.75, 3.05) is 0 Å². The number of rotatable bonds is 8. The zero-order valence-corrected chi connectivity index (χ0v) is 19.2. The summed E-state index contributed by atoms with van der Waals surface area (Å²) in [6.07, 6.45) is -8.48. The fraction of sp³-hybridized carbons (Fsp3) is 0.240. The van der Waals surface area contributed by atoms with Crippen molar-refractivity contribution >= 4 is 24.3 Å². The van der Waals surface area contributed by atoms with Crippen LogP contribution in [0.4, 0.5) is 13.2 Å². The molecule has 3 aromatic carbocycles. The van der Waals surface area contributed by atoms with Crippen molar-refractivity contribution in [2.24, 2.45) is 5.92 Å². The third-order valence-electron chi connectivity index (χ3n) is 5.41. The third-order valence-corrected chi connectivity index (χ3v) is 8.65. The number of hydrogen-bond acceptors (Lipinski definition) is 4. The van der Waals surface area contributed by atoms with Crippen LogP contribution in [-0.4, -0.2) is 29.5 Å². The first-order valence-electron chi connectivity index (χ1n) is 10.5. The number of aliphatic hydroxyl groups excluding tert-OH is 1. The number of benzene rings is 3. The topological polar surface area (TPSA) is 55.8 Å². The molecule has 0 radical (unpaired) electrons. The van der Waals surface area contributed by atoms with Gasteiger partial charge in [-0.25, -0.2) is 0 Å². The van der Waals surface area contributed by atoms with Crippen LogP contribution < -0.4 is 10.6 Å². The number of carbonyl (C=O) groups is 1. The summed E-state index contributed by atoms with van der Waals surface area (Å²) in [5.41, 5.74) is 0.192. The average molecular weight is 478 g/mol. The molecule has 176 valence electrons. The van der Waals surface area contributed by atoms with Gasteiger partial charge in [-0.1, -0.05) is 0 Å². The van der Waals surface area contributed by atoms with Gasteiger partial charge in [-0.2, -0.15) is 0 Å². The van der Waals surface area contributed by atoms with E-state index in [2.05, 4.69) is 0 Å². The van der Waals surface area contributed by atoms with Gasteiger partial charge in [0.25, 0.3) is 0 Å². The van der Waals surface area contributed by atoms with Crippen LogP contribution in [0.25, 0.3) is 0 Å². The molecular weight excluding hydrogens is 452 g/mol. The van der Waals surface area contributed by atoms with E-state index in [9.17, 15) is 23.1 Å². The Labute approximate surface area is 191 Å². The van der Waals surface area contributed by atoms with Crippen molar-refractivity contribution in [1.29, 1.82) is 0 Å². The summed E-state index contributed by atoms with van der Waals surface area (Å²) in [4.78, 5) is 13.1. The van der Waals surface area contributed by atoms with Crippen molar-refractivity contribution in [3.63, 3.8) is 0 Å². The summed E-state index contributed by atoms with van der Waals surface area (Å²) in [5.74, 6) is -2.10. The molecule has 3 unspecified atom stereocenters. The quantitative estimate of drug-likeness (QED) is 0.461. The number of aliphatic hydroxyl groups is 1. The van der Waals surface area contributed by atoms with Gasteiger partial charge < -0.3 is 0 Å². The standard InChI is InChI=1S/C25H26F3O4P/c1-18(19(2)29)23(25(26,27)28)31-33(21-14-8-4-9-15-21,22-16-10-5-11-17-22)32-24(30)20-12-6-3-7-13-20/h3-19,23,29,33H,1-2H3. The molecule has 0 amide bonds. The minimum atomic E-state index is -4.81. The second-order valence-electron chi connectivity index (χ2n) is 7.78. The fourth-order valence-corrected chi connectivity index (χ4v) is 6.66. The van der Waals surface area contributed by atoms with Crippen molar-refractivity contribution < 1.29 is 32.1 Å². The van der Waals surface area contributed by atoms with Crippen molar-refractivity contribution in [3.05, 3.63) is 96.6 Å². The van der Waals surface area contributed by atoms with E-state index in [1.165, 1.54) is 26.0 Å². The molecule has 0 bridgehead atoms. The van der Waals surface area contributed by atoms with Crippen LogP contribution in [-0.2, 0) is 9.05 Å². The first-order valence-corrected chi connectivity index (χ1v) is 12.3. The van der Waals surface area contributed by atoms with E-state index >= 15 is 0 Å². The molecule has 3 rings (SSSR count). The van der Waals surface area contributed by atoms with Crippen LogP contribution in [0.1, 0.15) is 24.2 Å². The Morgan fingerprint density at radius 3 is 1.64 bits per heavy atom. The number of alkyl halides is 3.